The molecule has 0 bridgehead atoms. The first-order valence-electron chi connectivity index (χ1n) is 9.64. The van der Waals surface area contributed by atoms with Gasteiger partial charge in [-0.15, -0.1) is 0 Å². The van der Waals surface area contributed by atoms with Gasteiger partial charge in [0.15, 0.2) is 0 Å². The Kier molecular flexibility index (Phi) is 7.68. The van der Waals surface area contributed by atoms with E-state index in [1.54, 1.807) is 4.90 Å². The van der Waals surface area contributed by atoms with Gasteiger partial charge >= 0.3 is 0 Å². The van der Waals surface area contributed by atoms with Crippen LogP contribution in [0.4, 0.5) is 0 Å². The van der Waals surface area contributed by atoms with Crippen LogP contribution in [0.2, 0.25) is 0 Å². The van der Waals surface area contributed by atoms with E-state index in [1.165, 1.54) is 0 Å². The molecule has 1 unspecified atom stereocenters. The van der Waals surface area contributed by atoms with E-state index in [1.807, 2.05) is 18.7 Å². The Morgan fingerprint density at radius 1 is 1.00 bits per heavy atom. The van der Waals surface area contributed by atoms with Crippen molar-refractivity contribution in [2.24, 2.45) is 0 Å². The predicted molar refractivity (Wildman–Crippen MR) is 96.0 cm³/mol. The van der Waals surface area contributed by atoms with Crippen molar-refractivity contribution in [1.29, 1.82) is 0 Å². The minimum atomic E-state index is -0.291. The maximum Gasteiger partial charge on any atom is 0.245 e. The molecule has 3 amide bonds. The quantitative estimate of drug-likeness (QED) is 0.753. The number of hydrogen-bond donors (Lipinski definition) is 1. The molecular weight excluding hydrogens is 320 g/mol. The van der Waals surface area contributed by atoms with Crippen LogP contribution in [0.25, 0.3) is 0 Å². The van der Waals surface area contributed by atoms with E-state index in [9.17, 15) is 14.4 Å². The summed E-state index contributed by atoms with van der Waals surface area (Å²) in [4.78, 5) is 42.6. The zero-order valence-electron chi connectivity index (χ0n) is 15.6. The monoisotopic (exact) mass is 352 g/mol. The summed E-state index contributed by atoms with van der Waals surface area (Å²) in [5, 5.41) is 2.88. The fourth-order valence-corrected chi connectivity index (χ4v) is 3.55. The van der Waals surface area contributed by atoms with Crippen LogP contribution in [0.5, 0.6) is 0 Å². The van der Waals surface area contributed by atoms with Crippen LogP contribution in [-0.4, -0.2) is 84.3 Å². The first-order valence-corrected chi connectivity index (χ1v) is 9.64. The Bertz CT molecular complexity index is 475. The highest BCUT2D eigenvalue weighted by Crippen LogP contribution is 2.20. The molecule has 25 heavy (non-hydrogen) atoms. The molecule has 2 aliphatic rings. The van der Waals surface area contributed by atoms with Crippen molar-refractivity contribution in [3.05, 3.63) is 0 Å². The molecule has 2 fully saturated rings. The predicted octanol–water partition coefficient (Wildman–Crippen LogP) is 0.448. The van der Waals surface area contributed by atoms with Gasteiger partial charge in [-0.3, -0.25) is 19.3 Å². The minimum Gasteiger partial charge on any atom is -0.355 e. The lowest BCUT2D eigenvalue weighted by molar-refractivity contribution is -0.148. The van der Waals surface area contributed by atoms with Crippen molar-refractivity contribution in [1.82, 2.24) is 20.0 Å². The van der Waals surface area contributed by atoms with Crippen LogP contribution in [0.3, 0.4) is 0 Å². The smallest absolute Gasteiger partial charge is 0.245 e. The number of piperazine rings is 1. The minimum absolute atomic E-state index is 0.0497. The van der Waals surface area contributed by atoms with Gasteiger partial charge < -0.3 is 15.1 Å². The largest absolute Gasteiger partial charge is 0.355 e. The molecule has 1 N–H and O–H groups in total. The van der Waals surface area contributed by atoms with Crippen LogP contribution in [0, 0.1) is 0 Å². The Morgan fingerprint density at radius 2 is 1.72 bits per heavy atom. The van der Waals surface area contributed by atoms with Gasteiger partial charge in [0.2, 0.25) is 17.7 Å². The van der Waals surface area contributed by atoms with E-state index in [-0.39, 0.29) is 23.8 Å². The van der Waals surface area contributed by atoms with Crippen LogP contribution in [0.1, 0.15) is 46.0 Å². The van der Waals surface area contributed by atoms with Gasteiger partial charge in [0.1, 0.15) is 6.04 Å². The highest BCUT2D eigenvalue weighted by Gasteiger charge is 2.35. The average Bonchev–Trinajstić information content (AvgIpc) is 2.65. The molecule has 2 rings (SSSR count). The van der Waals surface area contributed by atoms with Gasteiger partial charge in [-0.05, 0) is 25.7 Å². The molecule has 0 spiro atoms. The molecule has 1 atom stereocenters. The summed E-state index contributed by atoms with van der Waals surface area (Å²) < 4.78 is 0. The summed E-state index contributed by atoms with van der Waals surface area (Å²) in [5.74, 6) is 0.203. The Hall–Kier alpha value is -1.63. The second-order valence-electron chi connectivity index (χ2n) is 6.90. The van der Waals surface area contributed by atoms with Crippen molar-refractivity contribution in [2.75, 3.05) is 45.8 Å². The summed E-state index contributed by atoms with van der Waals surface area (Å²) in [7, 11) is 0. The van der Waals surface area contributed by atoms with E-state index in [0.717, 1.165) is 25.7 Å². The molecule has 7 heteroatoms. The van der Waals surface area contributed by atoms with Crippen molar-refractivity contribution in [3.8, 4) is 0 Å². The number of carbonyl (C=O) groups is 3. The molecular formula is C18H32N4O3. The van der Waals surface area contributed by atoms with Gasteiger partial charge in [-0.1, -0.05) is 13.8 Å². The molecule has 0 radical (unpaired) electrons. The molecule has 2 saturated heterocycles. The van der Waals surface area contributed by atoms with Gasteiger partial charge in [-0.25, -0.2) is 0 Å². The summed E-state index contributed by atoms with van der Waals surface area (Å²) in [6.45, 7) is 8.35. The third kappa shape index (κ3) is 5.42. The second kappa shape index (κ2) is 9.75. The van der Waals surface area contributed by atoms with Crippen molar-refractivity contribution in [2.45, 2.75) is 52.0 Å². The third-order valence-electron chi connectivity index (χ3n) is 5.03. The fourth-order valence-electron chi connectivity index (χ4n) is 3.55. The SMILES string of the molecule is CCCNC(=O)CN1CCN(C(=O)C2CCCCN2C(=O)CC)CC1. The third-order valence-corrected chi connectivity index (χ3v) is 5.03. The van der Waals surface area contributed by atoms with Crippen LogP contribution in [-0.2, 0) is 14.4 Å². The van der Waals surface area contributed by atoms with E-state index in [0.29, 0.717) is 52.2 Å². The first kappa shape index (κ1) is 19.7. The maximum absolute atomic E-state index is 12.9. The number of hydrogen-bond acceptors (Lipinski definition) is 4. The number of nitrogens with one attached hydrogen (secondary N) is 1. The summed E-state index contributed by atoms with van der Waals surface area (Å²) >= 11 is 0. The van der Waals surface area contributed by atoms with Gasteiger partial charge in [0.25, 0.3) is 0 Å². The van der Waals surface area contributed by atoms with Crippen LogP contribution in [0.15, 0.2) is 0 Å². The van der Waals surface area contributed by atoms with Crippen LogP contribution < -0.4 is 5.32 Å². The average molecular weight is 352 g/mol. The second-order valence-corrected chi connectivity index (χ2v) is 6.90. The lowest BCUT2D eigenvalue weighted by atomic mass is 10.00. The van der Waals surface area contributed by atoms with Gasteiger partial charge in [0.05, 0.1) is 6.54 Å². The highest BCUT2D eigenvalue weighted by molar-refractivity contribution is 5.88. The number of piperidine rings is 1. The normalized spacial score (nSPS) is 21.9. The van der Waals surface area contributed by atoms with E-state index in [4.69, 9.17) is 0 Å². The topological polar surface area (TPSA) is 73.0 Å². The lowest BCUT2D eigenvalue weighted by Gasteiger charge is -2.40. The number of amides is 3. The Morgan fingerprint density at radius 3 is 2.36 bits per heavy atom. The Labute approximate surface area is 150 Å². The van der Waals surface area contributed by atoms with Gasteiger partial charge in [-0.2, -0.15) is 0 Å². The number of carbonyl (C=O) groups excluding carboxylic acids is 3. The van der Waals surface area contributed by atoms with Crippen molar-refractivity contribution < 1.29 is 14.4 Å². The van der Waals surface area contributed by atoms with Crippen molar-refractivity contribution in [3.63, 3.8) is 0 Å². The first-order chi connectivity index (χ1) is 12.1. The molecule has 0 aromatic heterocycles. The molecule has 0 aliphatic carbocycles. The molecule has 0 saturated carbocycles. The number of likely N-dealkylation sites (tertiary alicyclic amines) is 1. The number of rotatable bonds is 6. The molecule has 142 valence electrons. The fraction of sp³-hybridized carbons (Fsp3) is 0.833. The van der Waals surface area contributed by atoms with E-state index < -0.39 is 0 Å². The Balaban J connectivity index is 1.83. The molecule has 2 aliphatic heterocycles. The standard InChI is InChI=1S/C18H32N4O3/c1-3-8-19-16(23)14-20-10-12-21(13-11-20)18(25)15-7-5-6-9-22(15)17(24)4-2/h15H,3-14H2,1-2H3,(H,19,23). The van der Waals surface area contributed by atoms with Gasteiger partial charge in [0, 0.05) is 45.7 Å². The van der Waals surface area contributed by atoms with E-state index in [2.05, 4.69) is 10.2 Å². The zero-order valence-corrected chi connectivity index (χ0v) is 15.6. The van der Waals surface area contributed by atoms with Crippen molar-refractivity contribution >= 4 is 17.7 Å². The van der Waals surface area contributed by atoms with E-state index >= 15 is 0 Å². The molecule has 7 nitrogen and oxygen atoms in total. The number of nitrogens with zero attached hydrogens (tertiary/aromatic N) is 3. The lowest BCUT2D eigenvalue weighted by Crippen LogP contribution is -2.57. The zero-order chi connectivity index (χ0) is 18.2. The highest BCUT2D eigenvalue weighted by atomic mass is 16.2. The summed E-state index contributed by atoms with van der Waals surface area (Å²) in [6, 6.07) is -0.291. The van der Waals surface area contributed by atoms with Crippen LogP contribution >= 0.6 is 0 Å². The maximum atomic E-state index is 12.9. The molecule has 2 heterocycles. The summed E-state index contributed by atoms with van der Waals surface area (Å²) in [5.41, 5.74) is 0. The molecule has 0 aromatic carbocycles. The molecule has 0 aromatic rings. The summed E-state index contributed by atoms with van der Waals surface area (Å²) in [6.07, 6.45) is 4.13.